The van der Waals surface area contributed by atoms with Crippen LogP contribution in [0.1, 0.15) is 112 Å². The van der Waals surface area contributed by atoms with Gasteiger partial charge in [-0.15, -0.1) is 0 Å². The zero-order valence-electron chi connectivity index (χ0n) is 23.2. The van der Waals surface area contributed by atoms with Crippen LogP contribution in [0.15, 0.2) is 0 Å². The van der Waals surface area contributed by atoms with E-state index in [1.54, 1.807) is 0 Å². The topological polar surface area (TPSA) is 44.8 Å². The lowest BCUT2D eigenvalue weighted by molar-refractivity contribution is -0.128. The van der Waals surface area contributed by atoms with Crippen LogP contribution in [0.5, 0.6) is 0 Å². The standard InChI is InChI=1S/C29H53O4P/c1-20(2)9-8-10-21(3)25-13-14-26-24-12-11-22-19-23(33-34(30,31-6)32-7)15-17-28(22,4)27(24)16-18-29(25,26)5/h20-27H,8-19H2,1-7H3/t21-,22+,23+,24+,25-,26+,27+,28+,29-/m1/s1. The number of rotatable bonds is 9. The molecule has 0 N–H and O–H groups in total. The molecule has 4 nitrogen and oxygen atoms in total. The normalized spacial score (nSPS) is 43.3. The molecule has 4 aliphatic rings. The third-order valence-corrected chi connectivity index (χ3v) is 13.0. The predicted molar refractivity (Wildman–Crippen MR) is 140 cm³/mol. The smallest absolute Gasteiger partial charge is 0.290 e. The molecular weight excluding hydrogens is 443 g/mol. The molecule has 4 rings (SSSR count). The van der Waals surface area contributed by atoms with E-state index in [1.807, 2.05) is 0 Å². The van der Waals surface area contributed by atoms with Crippen molar-refractivity contribution in [3.05, 3.63) is 0 Å². The maximum absolute atomic E-state index is 12.6. The van der Waals surface area contributed by atoms with E-state index in [2.05, 4.69) is 34.6 Å². The van der Waals surface area contributed by atoms with Gasteiger partial charge in [0.25, 0.3) is 0 Å². The lowest BCUT2D eigenvalue weighted by Gasteiger charge is -2.61. The second-order valence-electron chi connectivity index (χ2n) is 13.5. The lowest BCUT2D eigenvalue weighted by Crippen LogP contribution is -2.54. The molecule has 9 atom stereocenters. The molecule has 0 aromatic heterocycles. The first kappa shape index (κ1) is 27.2. The zero-order valence-corrected chi connectivity index (χ0v) is 24.1. The third-order valence-electron chi connectivity index (χ3n) is 11.5. The molecule has 0 unspecified atom stereocenters. The number of fused-ring (bicyclic) bond motifs is 5. The van der Waals surface area contributed by atoms with Crippen LogP contribution in [0.25, 0.3) is 0 Å². The second kappa shape index (κ2) is 10.5. The monoisotopic (exact) mass is 496 g/mol. The molecule has 0 aromatic carbocycles. The van der Waals surface area contributed by atoms with Crippen LogP contribution in [0.3, 0.4) is 0 Å². The molecule has 5 heteroatoms. The highest BCUT2D eigenvalue weighted by atomic mass is 31.2. The van der Waals surface area contributed by atoms with Gasteiger partial charge in [0, 0.05) is 14.2 Å². The van der Waals surface area contributed by atoms with Crippen molar-refractivity contribution in [3.63, 3.8) is 0 Å². The summed E-state index contributed by atoms with van der Waals surface area (Å²) in [6.07, 6.45) is 15.9. The Bertz CT molecular complexity index is 732. The Labute approximate surface area is 210 Å². The number of hydrogen-bond donors (Lipinski definition) is 0. The highest BCUT2D eigenvalue weighted by molar-refractivity contribution is 7.48. The quantitative estimate of drug-likeness (QED) is 0.299. The van der Waals surface area contributed by atoms with Crippen LogP contribution >= 0.6 is 7.82 Å². The summed E-state index contributed by atoms with van der Waals surface area (Å²) in [6.45, 7) is 12.6. The maximum Gasteiger partial charge on any atom is 0.474 e. The first-order valence-electron chi connectivity index (χ1n) is 14.5. The van der Waals surface area contributed by atoms with Gasteiger partial charge >= 0.3 is 7.82 Å². The van der Waals surface area contributed by atoms with Gasteiger partial charge in [-0.2, -0.15) is 0 Å². The summed E-state index contributed by atoms with van der Waals surface area (Å²) in [5.74, 6) is 6.01. The van der Waals surface area contributed by atoms with Crippen LogP contribution < -0.4 is 0 Å². The van der Waals surface area contributed by atoms with Crippen molar-refractivity contribution in [3.8, 4) is 0 Å². The fourth-order valence-electron chi connectivity index (χ4n) is 9.68. The van der Waals surface area contributed by atoms with E-state index in [1.165, 1.54) is 78.4 Å². The predicted octanol–water partition coefficient (Wildman–Crippen LogP) is 8.89. The van der Waals surface area contributed by atoms with E-state index in [-0.39, 0.29) is 6.10 Å². The van der Waals surface area contributed by atoms with Crippen molar-refractivity contribution in [2.75, 3.05) is 14.2 Å². The number of phosphoric ester groups is 1. The molecule has 0 amide bonds. The van der Waals surface area contributed by atoms with Crippen LogP contribution in [0.4, 0.5) is 0 Å². The molecule has 34 heavy (non-hydrogen) atoms. The van der Waals surface area contributed by atoms with E-state index >= 15 is 0 Å². The summed E-state index contributed by atoms with van der Waals surface area (Å²) in [7, 11) is -0.566. The van der Waals surface area contributed by atoms with Crippen molar-refractivity contribution < 1.29 is 18.1 Å². The lowest BCUT2D eigenvalue weighted by atomic mass is 9.44. The summed E-state index contributed by atoms with van der Waals surface area (Å²) < 4.78 is 28.6. The summed E-state index contributed by atoms with van der Waals surface area (Å²) in [5, 5.41) is 0. The first-order chi connectivity index (χ1) is 16.1. The molecule has 4 aliphatic carbocycles. The Morgan fingerprint density at radius 3 is 2.21 bits per heavy atom. The van der Waals surface area contributed by atoms with Gasteiger partial charge in [0.1, 0.15) is 0 Å². The molecule has 0 saturated heterocycles. The Morgan fingerprint density at radius 2 is 1.53 bits per heavy atom. The zero-order chi connectivity index (χ0) is 24.7. The molecule has 0 radical (unpaired) electrons. The highest BCUT2D eigenvalue weighted by Crippen LogP contribution is 2.69. The maximum atomic E-state index is 12.6. The van der Waals surface area contributed by atoms with E-state index < -0.39 is 7.82 Å². The van der Waals surface area contributed by atoms with Crippen molar-refractivity contribution in [2.45, 2.75) is 118 Å². The second-order valence-corrected chi connectivity index (χ2v) is 15.3. The fraction of sp³-hybridized carbons (Fsp3) is 1.00. The number of phosphoric acid groups is 1. The van der Waals surface area contributed by atoms with Gasteiger partial charge in [0.15, 0.2) is 0 Å². The molecule has 4 fully saturated rings. The Morgan fingerprint density at radius 1 is 0.853 bits per heavy atom. The van der Waals surface area contributed by atoms with Crippen LogP contribution in [-0.2, 0) is 18.1 Å². The Hall–Kier alpha value is 0.110. The van der Waals surface area contributed by atoms with E-state index in [9.17, 15) is 4.57 Å². The van der Waals surface area contributed by atoms with Gasteiger partial charge in [-0.05, 0) is 110 Å². The molecule has 198 valence electrons. The van der Waals surface area contributed by atoms with Crippen LogP contribution in [0, 0.1) is 52.3 Å². The molecule has 0 aliphatic heterocycles. The fourth-order valence-corrected chi connectivity index (χ4v) is 10.6. The molecule has 0 aromatic rings. The summed E-state index contributed by atoms with van der Waals surface area (Å²) in [5.41, 5.74) is 0.973. The molecule has 0 bridgehead atoms. The minimum Gasteiger partial charge on any atom is -0.290 e. The van der Waals surface area contributed by atoms with Gasteiger partial charge in [-0.3, -0.25) is 13.6 Å². The molecule has 0 heterocycles. The van der Waals surface area contributed by atoms with Crippen molar-refractivity contribution in [1.82, 2.24) is 0 Å². The largest absolute Gasteiger partial charge is 0.474 e. The van der Waals surface area contributed by atoms with Crippen LogP contribution in [0.2, 0.25) is 0 Å². The van der Waals surface area contributed by atoms with Crippen molar-refractivity contribution >= 4 is 7.82 Å². The highest BCUT2D eigenvalue weighted by Gasteiger charge is 2.60. The Balaban J connectivity index is 1.42. The van der Waals surface area contributed by atoms with E-state index in [4.69, 9.17) is 13.6 Å². The average Bonchev–Trinajstić information content (AvgIpc) is 3.16. The Kier molecular flexibility index (Phi) is 8.36. The summed E-state index contributed by atoms with van der Waals surface area (Å²) >= 11 is 0. The third kappa shape index (κ3) is 4.97. The minimum atomic E-state index is -3.40. The molecule has 4 saturated carbocycles. The first-order valence-corrected chi connectivity index (χ1v) is 15.9. The van der Waals surface area contributed by atoms with Gasteiger partial charge in [0.2, 0.25) is 0 Å². The molecule has 0 spiro atoms. The van der Waals surface area contributed by atoms with Gasteiger partial charge in [0.05, 0.1) is 6.10 Å². The summed E-state index contributed by atoms with van der Waals surface area (Å²) in [6, 6.07) is 0. The van der Waals surface area contributed by atoms with Crippen molar-refractivity contribution in [1.29, 1.82) is 0 Å². The molecular formula is C29H53O4P. The van der Waals surface area contributed by atoms with E-state index in [0.717, 1.165) is 48.3 Å². The summed E-state index contributed by atoms with van der Waals surface area (Å²) in [4.78, 5) is 0. The van der Waals surface area contributed by atoms with Gasteiger partial charge in [-0.25, -0.2) is 4.57 Å². The SMILES string of the molecule is COP(=O)(OC)O[C@H]1CC[C@@]2(C)[C@@H](CC[C@@H]3[C@@H]2CC[C@]2(C)[C@@H]([C@H](C)CCCC(C)C)CC[C@@H]32)C1. The van der Waals surface area contributed by atoms with Gasteiger partial charge in [-0.1, -0.05) is 53.9 Å². The van der Waals surface area contributed by atoms with Crippen LogP contribution in [-0.4, -0.2) is 20.3 Å². The minimum absolute atomic E-state index is 0.00300. The van der Waals surface area contributed by atoms with Crippen molar-refractivity contribution in [2.24, 2.45) is 52.3 Å². The van der Waals surface area contributed by atoms with E-state index in [0.29, 0.717) is 16.7 Å². The average molecular weight is 497 g/mol. The van der Waals surface area contributed by atoms with Gasteiger partial charge < -0.3 is 0 Å². The number of hydrogen-bond acceptors (Lipinski definition) is 4.